The molecule has 0 bridgehead atoms. The molecule has 2 N–H and O–H groups in total. The van der Waals surface area contributed by atoms with Gasteiger partial charge in [-0.15, -0.1) is 0 Å². The number of hydrogen-bond donors (Lipinski definition) is 1. The van der Waals surface area contributed by atoms with Crippen LogP contribution in [0, 0.1) is 5.82 Å². The van der Waals surface area contributed by atoms with Crippen molar-refractivity contribution in [2.45, 2.75) is 18.2 Å². The molecule has 0 unspecified atom stereocenters. The van der Waals surface area contributed by atoms with E-state index in [4.69, 9.17) is 5.14 Å². The summed E-state index contributed by atoms with van der Waals surface area (Å²) in [5.41, 5.74) is -0.0695. The summed E-state index contributed by atoms with van der Waals surface area (Å²) in [6, 6.07) is 1.75. The molecule has 0 saturated carbocycles. The topological polar surface area (TPSA) is 80.5 Å². The number of hydrogen-bond acceptors (Lipinski definition) is 3. The molecule has 19 heavy (non-hydrogen) atoms. The molecule has 0 atom stereocenters. The van der Waals surface area contributed by atoms with Gasteiger partial charge in [-0.25, -0.2) is 17.9 Å². The van der Waals surface area contributed by atoms with Crippen LogP contribution in [0.3, 0.4) is 0 Å². The van der Waals surface area contributed by atoms with E-state index in [-0.39, 0.29) is 10.0 Å². The van der Waals surface area contributed by atoms with Crippen LogP contribution in [0.15, 0.2) is 21.5 Å². The molecule has 1 amide bonds. The van der Waals surface area contributed by atoms with Gasteiger partial charge in [-0.1, -0.05) is 6.92 Å². The van der Waals surface area contributed by atoms with Gasteiger partial charge in [0.05, 0.1) is 14.9 Å². The van der Waals surface area contributed by atoms with Gasteiger partial charge in [0, 0.05) is 13.6 Å². The van der Waals surface area contributed by atoms with E-state index >= 15 is 0 Å². The number of rotatable bonds is 4. The maximum atomic E-state index is 13.4. The van der Waals surface area contributed by atoms with E-state index in [0.29, 0.717) is 6.54 Å². The average molecular weight is 353 g/mol. The lowest BCUT2D eigenvalue weighted by Gasteiger charge is -2.17. The first-order chi connectivity index (χ1) is 8.68. The SMILES string of the molecule is CCCN(C)C(=O)c1cc(F)cc(S(N)(=O)=O)c1Br. The van der Waals surface area contributed by atoms with Crippen LogP contribution >= 0.6 is 15.9 Å². The molecule has 0 saturated heterocycles. The van der Waals surface area contributed by atoms with Crippen molar-refractivity contribution in [1.82, 2.24) is 4.90 Å². The molecule has 1 aromatic carbocycles. The van der Waals surface area contributed by atoms with Gasteiger partial charge in [0.15, 0.2) is 0 Å². The Balaban J connectivity index is 3.38. The van der Waals surface area contributed by atoms with Crippen LogP contribution in [0.2, 0.25) is 0 Å². The van der Waals surface area contributed by atoms with Crippen LogP contribution in [0.5, 0.6) is 0 Å². The number of sulfonamides is 1. The third-order valence-corrected chi connectivity index (χ3v) is 4.50. The molecular weight excluding hydrogens is 339 g/mol. The van der Waals surface area contributed by atoms with Gasteiger partial charge >= 0.3 is 0 Å². The van der Waals surface area contributed by atoms with Crippen molar-refractivity contribution in [3.8, 4) is 0 Å². The second kappa shape index (κ2) is 5.98. The normalized spacial score (nSPS) is 11.4. The zero-order chi connectivity index (χ0) is 14.8. The minimum atomic E-state index is -4.11. The van der Waals surface area contributed by atoms with E-state index in [1.165, 1.54) is 4.90 Å². The Kier molecular flexibility index (Phi) is 5.05. The third kappa shape index (κ3) is 3.74. The summed E-state index contributed by atoms with van der Waals surface area (Å²) in [5, 5.41) is 4.98. The van der Waals surface area contributed by atoms with Crippen molar-refractivity contribution in [1.29, 1.82) is 0 Å². The number of nitrogens with zero attached hydrogens (tertiary/aromatic N) is 1. The van der Waals surface area contributed by atoms with Crippen LogP contribution < -0.4 is 5.14 Å². The van der Waals surface area contributed by atoms with Gasteiger partial charge in [0.1, 0.15) is 5.82 Å². The number of carbonyl (C=O) groups excluding carboxylic acids is 1. The summed E-state index contributed by atoms with van der Waals surface area (Å²) < 4.78 is 36.1. The minimum absolute atomic E-state index is 0.0237. The second-order valence-corrected chi connectivity index (χ2v) is 6.36. The predicted molar refractivity (Wildman–Crippen MR) is 72.7 cm³/mol. The second-order valence-electron chi connectivity index (χ2n) is 4.04. The lowest BCUT2D eigenvalue weighted by molar-refractivity contribution is 0.0793. The maximum Gasteiger partial charge on any atom is 0.254 e. The Hall–Kier alpha value is -0.990. The largest absolute Gasteiger partial charge is 0.342 e. The molecule has 0 aromatic heterocycles. The highest BCUT2D eigenvalue weighted by Gasteiger charge is 2.22. The summed E-state index contributed by atoms with van der Waals surface area (Å²) in [6.45, 7) is 2.37. The molecule has 1 aromatic rings. The quantitative estimate of drug-likeness (QED) is 0.895. The molecule has 0 aliphatic heterocycles. The Labute approximate surface area is 119 Å². The van der Waals surface area contributed by atoms with Gasteiger partial charge in [-0.3, -0.25) is 4.79 Å². The zero-order valence-corrected chi connectivity index (χ0v) is 12.9. The van der Waals surface area contributed by atoms with E-state index in [2.05, 4.69) is 15.9 Å². The van der Waals surface area contributed by atoms with Crippen molar-refractivity contribution in [2.75, 3.05) is 13.6 Å². The highest BCUT2D eigenvalue weighted by molar-refractivity contribution is 9.10. The van der Waals surface area contributed by atoms with E-state index in [0.717, 1.165) is 18.6 Å². The number of carbonyl (C=O) groups is 1. The van der Waals surface area contributed by atoms with E-state index in [1.54, 1.807) is 7.05 Å². The third-order valence-electron chi connectivity index (χ3n) is 2.45. The number of nitrogens with two attached hydrogens (primary N) is 1. The molecule has 0 radical (unpaired) electrons. The van der Waals surface area contributed by atoms with Crippen molar-refractivity contribution in [3.63, 3.8) is 0 Å². The average Bonchev–Trinajstić information content (AvgIpc) is 2.29. The Morgan fingerprint density at radius 1 is 1.47 bits per heavy atom. The smallest absolute Gasteiger partial charge is 0.254 e. The molecule has 0 aliphatic carbocycles. The number of benzene rings is 1. The summed E-state index contributed by atoms with van der Waals surface area (Å²) >= 11 is 3.00. The molecule has 0 fully saturated rings. The Bertz CT molecular complexity index is 604. The van der Waals surface area contributed by atoms with Crippen LogP contribution in [-0.2, 0) is 10.0 Å². The number of halogens is 2. The van der Waals surface area contributed by atoms with E-state index < -0.39 is 26.6 Å². The van der Waals surface area contributed by atoms with Crippen molar-refractivity contribution < 1.29 is 17.6 Å². The molecule has 0 spiro atoms. The number of amides is 1. The van der Waals surface area contributed by atoms with E-state index in [9.17, 15) is 17.6 Å². The first kappa shape index (κ1) is 16.1. The van der Waals surface area contributed by atoms with E-state index in [1.807, 2.05) is 6.92 Å². The fourth-order valence-corrected chi connectivity index (χ4v) is 3.28. The summed E-state index contributed by atoms with van der Waals surface area (Å²) in [7, 11) is -2.55. The lowest BCUT2D eigenvalue weighted by atomic mass is 10.2. The van der Waals surface area contributed by atoms with Crippen molar-refractivity contribution in [3.05, 3.63) is 28.0 Å². The van der Waals surface area contributed by atoms with Crippen LogP contribution in [-0.4, -0.2) is 32.8 Å². The van der Waals surface area contributed by atoms with Crippen molar-refractivity contribution >= 4 is 31.9 Å². The minimum Gasteiger partial charge on any atom is -0.342 e. The van der Waals surface area contributed by atoms with Gasteiger partial charge in [0.2, 0.25) is 10.0 Å². The van der Waals surface area contributed by atoms with Gasteiger partial charge < -0.3 is 4.90 Å². The van der Waals surface area contributed by atoms with Gasteiger partial charge in [0.25, 0.3) is 5.91 Å². The highest BCUT2D eigenvalue weighted by Crippen LogP contribution is 2.27. The molecule has 8 heteroatoms. The first-order valence-corrected chi connectivity index (χ1v) is 7.79. The molecule has 1 rings (SSSR count). The molecule has 106 valence electrons. The van der Waals surface area contributed by atoms with Gasteiger partial charge in [-0.2, -0.15) is 0 Å². The van der Waals surface area contributed by atoms with Crippen LogP contribution in [0.4, 0.5) is 4.39 Å². The summed E-state index contributed by atoms with van der Waals surface area (Å²) in [4.78, 5) is 13.0. The standard InChI is InChI=1S/C11H14BrFN2O3S/c1-3-4-15(2)11(16)8-5-7(13)6-9(10(8)12)19(14,17)18/h5-6H,3-4H2,1-2H3,(H2,14,17,18). The molecule has 5 nitrogen and oxygen atoms in total. The van der Waals surface area contributed by atoms with Crippen LogP contribution in [0.1, 0.15) is 23.7 Å². The Morgan fingerprint density at radius 2 is 2.05 bits per heavy atom. The molecular formula is C11H14BrFN2O3S. The lowest BCUT2D eigenvalue weighted by Crippen LogP contribution is -2.28. The predicted octanol–water partition coefficient (Wildman–Crippen LogP) is 1.72. The summed E-state index contributed by atoms with van der Waals surface area (Å²) in [5.74, 6) is -1.31. The Morgan fingerprint density at radius 3 is 2.53 bits per heavy atom. The fourth-order valence-electron chi connectivity index (χ4n) is 1.57. The van der Waals surface area contributed by atoms with Crippen molar-refractivity contribution in [2.24, 2.45) is 5.14 Å². The number of primary sulfonamides is 1. The first-order valence-electron chi connectivity index (χ1n) is 5.45. The monoisotopic (exact) mass is 352 g/mol. The molecule has 0 heterocycles. The maximum absolute atomic E-state index is 13.4. The highest BCUT2D eigenvalue weighted by atomic mass is 79.9. The molecule has 0 aliphatic rings. The van der Waals surface area contributed by atoms with Gasteiger partial charge in [-0.05, 0) is 34.5 Å². The fraction of sp³-hybridized carbons (Fsp3) is 0.364. The summed E-state index contributed by atoms with van der Waals surface area (Å²) in [6.07, 6.45) is 0.733. The van der Waals surface area contributed by atoms with Crippen LogP contribution in [0.25, 0.3) is 0 Å². The zero-order valence-electron chi connectivity index (χ0n) is 10.5.